The molecule has 0 radical (unpaired) electrons. The molecule has 0 spiro atoms. The molecule has 4 heteroatoms. The molecule has 5 rings (SSSR count). The molecule has 0 aliphatic heterocycles. The minimum absolute atomic E-state index is 0.00933. The molecule has 0 aromatic heterocycles. The van der Waals surface area contributed by atoms with Crippen molar-refractivity contribution >= 4 is 5.97 Å². The Morgan fingerprint density at radius 1 is 0.882 bits per heavy atom. The van der Waals surface area contributed by atoms with Gasteiger partial charge < -0.3 is 15.3 Å². The van der Waals surface area contributed by atoms with Gasteiger partial charge in [0.05, 0.1) is 17.6 Å². The van der Waals surface area contributed by atoms with Crippen molar-refractivity contribution < 1.29 is 20.1 Å². The first-order valence-electron chi connectivity index (χ1n) is 13.9. The van der Waals surface area contributed by atoms with E-state index in [0.29, 0.717) is 5.92 Å². The van der Waals surface area contributed by atoms with E-state index in [1.807, 2.05) is 0 Å². The third kappa shape index (κ3) is 2.88. The van der Waals surface area contributed by atoms with E-state index in [-0.39, 0.29) is 45.0 Å². The lowest BCUT2D eigenvalue weighted by atomic mass is 9.33. The molecule has 0 bridgehead atoms. The van der Waals surface area contributed by atoms with Gasteiger partial charge in [-0.3, -0.25) is 4.79 Å². The van der Waals surface area contributed by atoms with Crippen LogP contribution in [0.4, 0.5) is 0 Å². The molecule has 0 aromatic rings. The predicted octanol–water partition coefficient (Wildman–Crippen LogP) is 6.20. The molecule has 4 fully saturated rings. The summed E-state index contributed by atoms with van der Waals surface area (Å²) in [7, 11) is 0. The van der Waals surface area contributed by atoms with Gasteiger partial charge in [0.1, 0.15) is 0 Å². The fourth-order valence-electron chi connectivity index (χ4n) is 10.7. The predicted molar refractivity (Wildman–Crippen MR) is 134 cm³/mol. The average Bonchev–Trinajstić information content (AvgIpc) is 2.72. The number of aliphatic hydroxyl groups is 2. The number of carboxylic acid groups (broad SMARTS) is 1. The highest BCUT2D eigenvalue weighted by Gasteiger charge is 2.70. The minimum Gasteiger partial charge on any atom is -0.481 e. The lowest BCUT2D eigenvalue weighted by molar-refractivity contribution is -0.226. The minimum atomic E-state index is -0.679. The summed E-state index contributed by atoms with van der Waals surface area (Å²) in [4.78, 5) is 12.8. The first-order valence-corrected chi connectivity index (χ1v) is 13.9. The summed E-state index contributed by atoms with van der Waals surface area (Å²) < 4.78 is 0. The topological polar surface area (TPSA) is 77.8 Å². The first kappa shape index (κ1) is 24.8. The van der Waals surface area contributed by atoms with Gasteiger partial charge in [-0.25, -0.2) is 0 Å². The van der Waals surface area contributed by atoms with Crippen LogP contribution < -0.4 is 0 Å². The van der Waals surface area contributed by atoms with Crippen LogP contribution in [0.5, 0.6) is 0 Å². The monoisotopic (exact) mass is 472 g/mol. The van der Waals surface area contributed by atoms with Gasteiger partial charge in [0.2, 0.25) is 0 Å². The molecule has 3 N–H and O–H groups in total. The third-order valence-electron chi connectivity index (χ3n) is 13.0. The smallest absolute Gasteiger partial charge is 0.310 e. The molecular formula is C30H48O4. The second-order valence-corrected chi connectivity index (χ2v) is 15.2. The van der Waals surface area contributed by atoms with Crippen LogP contribution in [0.1, 0.15) is 106 Å². The lowest BCUT2D eigenvalue weighted by Crippen LogP contribution is -2.67. The van der Waals surface area contributed by atoms with E-state index in [0.717, 1.165) is 57.8 Å². The zero-order chi connectivity index (χ0) is 25.1. The van der Waals surface area contributed by atoms with Gasteiger partial charge in [0, 0.05) is 5.92 Å². The molecule has 4 nitrogen and oxygen atoms in total. The van der Waals surface area contributed by atoms with Crippen LogP contribution in [-0.2, 0) is 4.79 Å². The second kappa shape index (κ2) is 7.12. The summed E-state index contributed by atoms with van der Waals surface area (Å²) in [5.41, 5.74) is 0.344. The highest BCUT2D eigenvalue weighted by molar-refractivity contribution is 5.76. The fraction of sp³-hybridized carbons (Fsp3) is 0.900. The molecular weight excluding hydrogens is 424 g/mol. The Labute approximate surface area is 206 Å². The summed E-state index contributed by atoms with van der Waals surface area (Å²) in [5, 5.41) is 33.3. The summed E-state index contributed by atoms with van der Waals surface area (Å²) in [6.07, 6.45) is 9.42. The van der Waals surface area contributed by atoms with Crippen molar-refractivity contribution in [2.24, 2.45) is 50.2 Å². The van der Waals surface area contributed by atoms with E-state index in [2.05, 4.69) is 54.5 Å². The van der Waals surface area contributed by atoms with Gasteiger partial charge in [-0.2, -0.15) is 0 Å². The second-order valence-electron chi connectivity index (χ2n) is 15.2. The maximum atomic E-state index is 12.8. The number of aliphatic hydroxyl groups excluding tert-OH is 2. The van der Waals surface area contributed by atoms with E-state index < -0.39 is 17.5 Å². The van der Waals surface area contributed by atoms with Crippen LogP contribution in [0.25, 0.3) is 0 Å². The lowest BCUT2D eigenvalue weighted by Gasteiger charge is -2.71. The molecule has 0 saturated heterocycles. The van der Waals surface area contributed by atoms with Gasteiger partial charge in [0.25, 0.3) is 0 Å². The number of hydrogen-bond donors (Lipinski definition) is 3. The van der Waals surface area contributed by atoms with Gasteiger partial charge in [0.15, 0.2) is 0 Å². The maximum absolute atomic E-state index is 12.8. The molecule has 9 atom stereocenters. The summed E-state index contributed by atoms with van der Waals surface area (Å²) >= 11 is 0. The summed E-state index contributed by atoms with van der Waals surface area (Å²) in [5.74, 6) is -0.106. The van der Waals surface area contributed by atoms with Gasteiger partial charge in [-0.15, -0.1) is 0 Å². The Kier molecular flexibility index (Phi) is 5.20. The first-order chi connectivity index (χ1) is 15.6. The zero-order valence-corrected chi connectivity index (χ0v) is 22.6. The number of carbonyl (C=O) groups is 1. The van der Waals surface area contributed by atoms with Crippen LogP contribution in [0.3, 0.4) is 0 Å². The number of allylic oxidation sites excluding steroid dienone is 1. The van der Waals surface area contributed by atoms with Crippen molar-refractivity contribution in [3.63, 3.8) is 0 Å². The largest absolute Gasteiger partial charge is 0.481 e. The highest BCUT2D eigenvalue weighted by atomic mass is 16.4. The molecule has 5 aliphatic carbocycles. The van der Waals surface area contributed by atoms with Crippen LogP contribution in [0.2, 0.25) is 0 Å². The van der Waals surface area contributed by atoms with Crippen molar-refractivity contribution in [3.8, 4) is 0 Å². The van der Waals surface area contributed by atoms with Gasteiger partial charge >= 0.3 is 5.97 Å². The van der Waals surface area contributed by atoms with E-state index in [1.54, 1.807) is 0 Å². The van der Waals surface area contributed by atoms with E-state index >= 15 is 0 Å². The van der Waals surface area contributed by atoms with Crippen LogP contribution >= 0.6 is 0 Å². The Morgan fingerprint density at radius 3 is 2.18 bits per heavy atom. The molecule has 0 heterocycles. The standard InChI is InChI=1S/C30H48O4/c1-25(2)12-14-30(24(33)34)15-13-28(6)18(19(30)17-25)16-20(31)23-27(5)10-9-22(32)26(3,4)21(27)8-11-29(23,28)7/h16,19-23,31-32H,8-15,17H2,1-7H3,(H,33,34)/t19?,20-,21?,22+,23?,27+,28-,29-,30+/m1/s1. The van der Waals surface area contributed by atoms with Crippen molar-refractivity contribution in [3.05, 3.63) is 11.6 Å². The number of aliphatic carboxylic acids is 1. The normalized spacial score (nSPS) is 53.4. The number of hydrogen-bond acceptors (Lipinski definition) is 3. The summed E-state index contributed by atoms with van der Waals surface area (Å²) in [6, 6.07) is 0. The summed E-state index contributed by atoms with van der Waals surface area (Å²) in [6.45, 7) is 16.3. The van der Waals surface area contributed by atoms with Crippen molar-refractivity contribution in [1.29, 1.82) is 0 Å². The van der Waals surface area contributed by atoms with Crippen LogP contribution in [-0.4, -0.2) is 33.5 Å². The van der Waals surface area contributed by atoms with Crippen molar-refractivity contribution in [2.45, 2.75) is 118 Å². The maximum Gasteiger partial charge on any atom is 0.310 e. The Balaban J connectivity index is 1.64. The molecule has 0 aromatic carbocycles. The highest BCUT2D eigenvalue weighted by Crippen LogP contribution is 2.75. The Morgan fingerprint density at radius 2 is 1.53 bits per heavy atom. The Hall–Kier alpha value is -0.870. The van der Waals surface area contributed by atoms with Gasteiger partial charge in [-0.1, -0.05) is 60.1 Å². The van der Waals surface area contributed by atoms with Crippen LogP contribution in [0.15, 0.2) is 11.6 Å². The van der Waals surface area contributed by atoms with E-state index in [4.69, 9.17) is 0 Å². The van der Waals surface area contributed by atoms with Crippen LogP contribution in [0, 0.1) is 50.2 Å². The molecule has 34 heavy (non-hydrogen) atoms. The zero-order valence-electron chi connectivity index (χ0n) is 22.6. The SMILES string of the molecule is CC1(C)CC[C@]2(C(=O)O)CC[C@]3(C)C(=C[C@@H](O)C4[C@@]5(C)CC[C@H](O)C(C)(C)C5CC[C@]43C)C2C1. The fourth-order valence-corrected chi connectivity index (χ4v) is 10.7. The molecule has 3 unspecified atom stereocenters. The quantitative estimate of drug-likeness (QED) is 0.397. The average molecular weight is 473 g/mol. The van der Waals surface area contributed by atoms with E-state index in [1.165, 1.54) is 5.57 Å². The molecule has 4 saturated carbocycles. The van der Waals surface area contributed by atoms with Crippen molar-refractivity contribution in [1.82, 2.24) is 0 Å². The third-order valence-corrected chi connectivity index (χ3v) is 13.0. The van der Waals surface area contributed by atoms with Crippen molar-refractivity contribution in [2.75, 3.05) is 0 Å². The Bertz CT molecular complexity index is 919. The number of carboxylic acids is 1. The molecule has 5 aliphatic rings. The molecule has 192 valence electrons. The van der Waals surface area contributed by atoms with E-state index in [9.17, 15) is 20.1 Å². The van der Waals surface area contributed by atoms with Gasteiger partial charge in [-0.05, 0) is 96.7 Å². The number of fused-ring (bicyclic) bond motifs is 7. The molecule has 0 amide bonds. The number of rotatable bonds is 1.